The van der Waals surface area contributed by atoms with Crippen LogP contribution < -0.4 is 13.8 Å². The van der Waals surface area contributed by atoms with E-state index in [-0.39, 0.29) is 28.7 Å². The van der Waals surface area contributed by atoms with Crippen molar-refractivity contribution in [2.24, 2.45) is 5.92 Å². The van der Waals surface area contributed by atoms with E-state index in [1.165, 1.54) is 25.1 Å². The van der Waals surface area contributed by atoms with E-state index in [4.69, 9.17) is 4.74 Å². The van der Waals surface area contributed by atoms with Gasteiger partial charge >= 0.3 is 0 Å². The van der Waals surface area contributed by atoms with Crippen molar-refractivity contribution in [1.82, 2.24) is 0 Å². The molecule has 1 N–H and O–H groups in total. The molecule has 3 rings (SSSR count). The number of nitrogens with one attached hydrogen (secondary N) is 1. The van der Waals surface area contributed by atoms with E-state index in [2.05, 4.69) is 4.72 Å². The number of nitrogens with zero attached hydrogens (tertiary/aromatic N) is 1. The molecule has 1 fully saturated rings. The van der Waals surface area contributed by atoms with E-state index >= 15 is 0 Å². The van der Waals surface area contributed by atoms with Gasteiger partial charge in [-0.15, -0.1) is 0 Å². The first kappa shape index (κ1) is 23.1. The second-order valence-corrected chi connectivity index (χ2v) is 10.9. The van der Waals surface area contributed by atoms with Gasteiger partial charge in [-0.3, -0.25) is 9.52 Å². The Balaban J connectivity index is 2.13. The highest BCUT2D eigenvalue weighted by atomic mass is 32.2. The number of hydrogen-bond acceptors (Lipinski definition) is 6. The fraction of sp³-hybridized carbons (Fsp3) is 0.381. The first-order valence-electron chi connectivity index (χ1n) is 9.96. The molecule has 2 aromatic carbocycles. The zero-order valence-corrected chi connectivity index (χ0v) is 19.5. The summed E-state index contributed by atoms with van der Waals surface area (Å²) < 4.78 is 60.5. The molecule has 2 aromatic rings. The van der Waals surface area contributed by atoms with E-state index in [1.54, 1.807) is 19.9 Å². The van der Waals surface area contributed by atoms with Crippen LogP contribution >= 0.6 is 0 Å². The molecule has 8 nitrogen and oxygen atoms in total. The Morgan fingerprint density at radius 1 is 1.19 bits per heavy atom. The van der Waals surface area contributed by atoms with Crippen molar-refractivity contribution in [1.29, 1.82) is 0 Å². The standard InChI is InChI=1S/C21H26N2O6S2/c1-5-16-9-7-8-14(3)20(16)22-31(27,28)19-12-17(10-11-18(19)29-6-2)23-21(24)15(4)13-30(23,25)26/h7-12,15,22H,5-6,13H2,1-4H3. The van der Waals surface area contributed by atoms with Gasteiger partial charge in [0.25, 0.3) is 10.0 Å². The number of amides is 1. The molecular weight excluding hydrogens is 440 g/mol. The van der Waals surface area contributed by atoms with Crippen LogP contribution in [0.3, 0.4) is 0 Å². The predicted molar refractivity (Wildman–Crippen MR) is 119 cm³/mol. The number of ether oxygens (including phenoxy) is 1. The van der Waals surface area contributed by atoms with E-state index in [1.807, 2.05) is 19.1 Å². The highest BCUT2D eigenvalue weighted by Crippen LogP contribution is 2.35. The largest absolute Gasteiger partial charge is 0.492 e. The molecule has 1 aliphatic rings. The van der Waals surface area contributed by atoms with Crippen molar-refractivity contribution in [3.8, 4) is 5.75 Å². The number of hydrogen-bond donors (Lipinski definition) is 1. The first-order chi connectivity index (χ1) is 14.5. The van der Waals surface area contributed by atoms with Crippen molar-refractivity contribution in [3.63, 3.8) is 0 Å². The van der Waals surface area contributed by atoms with Crippen molar-refractivity contribution < 1.29 is 26.4 Å². The number of rotatable bonds is 7. The quantitative estimate of drug-likeness (QED) is 0.672. The average Bonchev–Trinajstić information content (AvgIpc) is 2.90. The third-order valence-electron chi connectivity index (χ3n) is 5.09. The summed E-state index contributed by atoms with van der Waals surface area (Å²) in [6.07, 6.45) is 0.621. The highest BCUT2D eigenvalue weighted by Gasteiger charge is 2.42. The maximum atomic E-state index is 13.3. The van der Waals surface area contributed by atoms with Crippen LogP contribution in [0.15, 0.2) is 41.3 Å². The van der Waals surface area contributed by atoms with E-state index < -0.39 is 31.9 Å². The molecule has 0 aromatic heterocycles. The predicted octanol–water partition coefficient (Wildman–Crippen LogP) is 3.07. The lowest BCUT2D eigenvalue weighted by atomic mass is 10.1. The average molecular weight is 467 g/mol. The smallest absolute Gasteiger partial charge is 0.265 e. The minimum absolute atomic E-state index is 0.0290. The Kier molecular flexibility index (Phi) is 6.33. The van der Waals surface area contributed by atoms with E-state index in [9.17, 15) is 21.6 Å². The fourth-order valence-electron chi connectivity index (χ4n) is 3.55. The second kappa shape index (κ2) is 8.51. The second-order valence-electron chi connectivity index (χ2n) is 7.41. The molecule has 0 spiro atoms. The molecular formula is C21H26N2O6S2. The van der Waals surface area contributed by atoms with Crippen LogP contribution in [-0.4, -0.2) is 35.1 Å². The summed E-state index contributed by atoms with van der Waals surface area (Å²) in [7, 11) is -8.02. The van der Waals surface area contributed by atoms with Crippen LogP contribution in [0.25, 0.3) is 0 Å². The van der Waals surface area contributed by atoms with Gasteiger partial charge in [0.15, 0.2) is 0 Å². The minimum atomic E-state index is -4.15. The lowest BCUT2D eigenvalue weighted by Gasteiger charge is -2.20. The summed E-state index contributed by atoms with van der Waals surface area (Å²) in [4.78, 5) is 12.2. The number of anilines is 2. The van der Waals surface area contributed by atoms with Crippen molar-refractivity contribution in [2.45, 2.75) is 39.0 Å². The summed E-state index contributed by atoms with van der Waals surface area (Å²) in [5.41, 5.74) is 2.02. The Bertz CT molecular complexity index is 1220. The first-order valence-corrected chi connectivity index (χ1v) is 13.1. The van der Waals surface area contributed by atoms with Crippen molar-refractivity contribution in [3.05, 3.63) is 47.5 Å². The molecule has 0 saturated carbocycles. The topological polar surface area (TPSA) is 110 Å². The zero-order chi connectivity index (χ0) is 23.0. The number of carbonyl (C=O) groups is 1. The van der Waals surface area contributed by atoms with E-state index in [0.29, 0.717) is 16.4 Å². The van der Waals surface area contributed by atoms with Gasteiger partial charge in [-0.1, -0.05) is 32.0 Å². The molecule has 0 bridgehead atoms. The molecule has 1 saturated heterocycles. The Morgan fingerprint density at radius 3 is 2.48 bits per heavy atom. The fourth-order valence-corrected chi connectivity index (χ4v) is 6.70. The van der Waals surface area contributed by atoms with Gasteiger partial charge in [-0.2, -0.15) is 0 Å². The van der Waals surface area contributed by atoms with Gasteiger partial charge in [-0.25, -0.2) is 21.1 Å². The number of carbonyl (C=O) groups excluding carboxylic acids is 1. The van der Waals surface area contributed by atoms with Gasteiger partial charge in [0.1, 0.15) is 10.6 Å². The van der Waals surface area contributed by atoms with Crippen LogP contribution in [0.5, 0.6) is 5.75 Å². The van der Waals surface area contributed by atoms with Crippen LogP contribution in [0.2, 0.25) is 0 Å². The number of para-hydroxylation sites is 1. The number of aryl methyl sites for hydroxylation is 2. The maximum Gasteiger partial charge on any atom is 0.265 e. The number of sulfonamides is 2. The SMILES string of the molecule is CCOc1ccc(N2C(=O)C(C)CS2(=O)=O)cc1S(=O)(=O)Nc1c(C)cccc1CC. The lowest BCUT2D eigenvalue weighted by molar-refractivity contribution is -0.119. The normalized spacial score (nSPS) is 18.3. The molecule has 1 aliphatic heterocycles. The zero-order valence-electron chi connectivity index (χ0n) is 17.9. The minimum Gasteiger partial charge on any atom is -0.492 e. The molecule has 1 unspecified atom stereocenters. The summed E-state index contributed by atoms with van der Waals surface area (Å²) in [5.74, 6) is -1.54. The molecule has 31 heavy (non-hydrogen) atoms. The molecule has 1 heterocycles. The maximum absolute atomic E-state index is 13.3. The van der Waals surface area contributed by atoms with Crippen LogP contribution in [-0.2, 0) is 31.3 Å². The van der Waals surface area contributed by atoms with Crippen molar-refractivity contribution in [2.75, 3.05) is 21.4 Å². The molecule has 0 aliphatic carbocycles. The van der Waals surface area contributed by atoms with Crippen LogP contribution in [0.4, 0.5) is 11.4 Å². The van der Waals surface area contributed by atoms with Gasteiger partial charge in [-0.05, 0) is 49.6 Å². The van der Waals surface area contributed by atoms with E-state index in [0.717, 1.165) is 11.1 Å². The monoisotopic (exact) mass is 466 g/mol. The van der Waals surface area contributed by atoms with Gasteiger partial charge in [0.2, 0.25) is 15.9 Å². The molecule has 1 atom stereocenters. The Morgan fingerprint density at radius 2 is 1.90 bits per heavy atom. The molecule has 0 radical (unpaired) electrons. The van der Waals surface area contributed by atoms with Gasteiger partial charge < -0.3 is 4.74 Å². The lowest BCUT2D eigenvalue weighted by Crippen LogP contribution is -2.30. The number of benzene rings is 2. The third kappa shape index (κ3) is 4.40. The summed E-state index contributed by atoms with van der Waals surface area (Å²) in [6.45, 7) is 7.17. The highest BCUT2D eigenvalue weighted by molar-refractivity contribution is 7.94. The molecule has 1 amide bonds. The summed E-state index contributed by atoms with van der Waals surface area (Å²) in [6, 6.07) is 9.41. The Hall–Kier alpha value is -2.59. The van der Waals surface area contributed by atoms with Crippen LogP contribution in [0.1, 0.15) is 31.9 Å². The molecule has 168 valence electrons. The summed E-state index contributed by atoms with van der Waals surface area (Å²) in [5, 5.41) is 0. The summed E-state index contributed by atoms with van der Waals surface area (Å²) >= 11 is 0. The Labute approximate surface area is 183 Å². The van der Waals surface area contributed by atoms with Gasteiger partial charge in [0, 0.05) is 0 Å². The van der Waals surface area contributed by atoms with Crippen molar-refractivity contribution >= 4 is 37.3 Å². The van der Waals surface area contributed by atoms with Gasteiger partial charge in [0.05, 0.1) is 29.7 Å². The third-order valence-corrected chi connectivity index (χ3v) is 8.33. The molecule has 10 heteroatoms. The van der Waals surface area contributed by atoms with Crippen LogP contribution in [0, 0.1) is 12.8 Å².